The standard InChI is InChI=1S/C12H14BrN3O/c13-9-5-1-2-6-10(9)16-12(17)11-14-7-3-4-8-15-11/h1-2,5-6H,3-4,7-8H2,(H,14,15)(H,16,17). The Labute approximate surface area is 109 Å². The van der Waals surface area contributed by atoms with Gasteiger partial charge in [-0.2, -0.15) is 0 Å². The molecule has 0 fully saturated rings. The summed E-state index contributed by atoms with van der Waals surface area (Å²) in [5, 5.41) is 5.87. The minimum absolute atomic E-state index is 0.182. The number of aliphatic imine (C=N–C) groups is 1. The van der Waals surface area contributed by atoms with Crippen LogP contribution in [0.5, 0.6) is 0 Å². The first-order valence-corrected chi connectivity index (χ1v) is 6.41. The molecule has 0 spiro atoms. The highest BCUT2D eigenvalue weighted by Crippen LogP contribution is 2.20. The average molecular weight is 296 g/mol. The Balaban J connectivity index is 2.06. The first-order valence-electron chi connectivity index (χ1n) is 5.61. The van der Waals surface area contributed by atoms with Crippen LogP contribution in [-0.2, 0) is 4.79 Å². The van der Waals surface area contributed by atoms with E-state index in [9.17, 15) is 4.79 Å². The number of para-hydroxylation sites is 1. The summed E-state index contributed by atoms with van der Waals surface area (Å²) in [4.78, 5) is 16.2. The summed E-state index contributed by atoms with van der Waals surface area (Å²) in [6.45, 7) is 1.52. The Morgan fingerprint density at radius 1 is 1.35 bits per heavy atom. The van der Waals surface area contributed by atoms with Crippen molar-refractivity contribution >= 4 is 33.4 Å². The summed E-state index contributed by atoms with van der Waals surface area (Å²) in [6.07, 6.45) is 2.08. The number of halogens is 1. The summed E-state index contributed by atoms with van der Waals surface area (Å²) in [7, 11) is 0. The van der Waals surface area contributed by atoms with E-state index in [1.54, 1.807) is 0 Å². The van der Waals surface area contributed by atoms with Gasteiger partial charge in [0.15, 0.2) is 5.84 Å². The van der Waals surface area contributed by atoms with Crippen LogP contribution >= 0.6 is 15.9 Å². The average Bonchev–Trinajstić information content (AvgIpc) is 2.61. The molecule has 1 amide bonds. The fourth-order valence-corrected chi connectivity index (χ4v) is 1.97. The Morgan fingerprint density at radius 2 is 2.18 bits per heavy atom. The van der Waals surface area contributed by atoms with Crippen LogP contribution in [0.3, 0.4) is 0 Å². The van der Waals surface area contributed by atoms with Crippen molar-refractivity contribution in [3.8, 4) is 0 Å². The van der Waals surface area contributed by atoms with E-state index in [0.29, 0.717) is 12.4 Å². The highest BCUT2D eigenvalue weighted by Gasteiger charge is 2.13. The van der Waals surface area contributed by atoms with E-state index in [0.717, 1.165) is 29.5 Å². The third kappa shape index (κ3) is 3.30. The highest BCUT2D eigenvalue weighted by atomic mass is 79.9. The topological polar surface area (TPSA) is 53.5 Å². The summed E-state index contributed by atoms with van der Waals surface area (Å²) in [5.74, 6) is 0.247. The third-order valence-corrected chi connectivity index (χ3v) is 3.18. The van der Waals surface area contributed by atoms with Gasteiger partial charge in [0.2, 0.25) is 0 Å². The molecule has 0 aliphatic carbocycles. The number of amides is 1. The first-order chi connectivity index (χ1) is 8.27. The van der Waals surface area contributed by atoms with Crippen LogP contribution in [0.2, 0.25) is 0 Å². The Hall–Kier alpha value is -1.36. The van der Waals surface area contributed by atoms with Crippen molar-refractivity contribution in [1.82, 2.24) is 5.32 Å². The number of carbonyl (C=O) groups excluding carboxylic acids is 1. The van der Waals surface area contributed by atoms with Gasteiger partial charge in [0.1, 0.15) is 0 Å². The molecule has 0 aromatic heterocycles. The molecule has 5 heteroatoms. The van der Waals surface area contributed by atoms with E-state index >= 15 is 0 Å². The van der Waals surface area contributed by atoms with Crippen molar-refractivity contribution in [3.63, 3.8) is 0 Å². The molecule has 0 unspecified atom stereocenters. The van der Waals surface area contributed by atoms with Crippen LogP contribution in [0.4, 0.5) is 5.69 Å². The van der Waals surface area contributed by atoms with Gasteiger partial charge in [0, 0.05) is 17.6 Å². The smallest absolute Gasteiger partial charge is 0.290 e. The number of amidine groups is 1. The van der Waals surface area contributed by atoms with Crippen molar-refractivity contribution in [2.24, 2.45) is 4.99 Å². The number of carbonyl (C=O) groups is 1. The molecule has 4 nitrogen and oxygen atoms in total. The summed E-state index contributed by atoms with van der Waals surface area (Å²) in [6, 6.07) is 7.51. The highest BCUT2D eigenvalue weighted by molar-refractivity contribution is 9.10. The van der Waals surface area contributed by atoms with Crippen molar-refractivity contribution in [1.29, 1.82) is 0 Å². The van der Waals surface area contributed by atoms with Crippen LogP contribution in [0.15, 0.2) is 33.7 Å². The molecular weight excluding hydrogens is 282 g/mol. The minimum Gasteiger partial charge on any atom is -0.366 e. The normalized spacial score (nSPS) is 15.5. The molecule has 90 valence electrons. The van der Waals surface area contributed by atoms with Crippen molar-refractivity contribution in [3.05, 3.63) is 28.7 Å². The van der Waals surface area contributed by atoms with Crippen LogP contribution in [0.1, 0.15) is 12.8 Å². The quantitative estimate of drug-likeness (QED) is 0.879. The Bertz CT molecular complexity index is 445. The van der Waals surface area contributed by atoms with Crippen LogP contribution in [0, 0.1) is 0 Å². The summed E-state index contributed by atoms with van der Waals surface area (Å²) < 4.78 is 0.863. The molecular formula is C12H14BrN3O. The zero-order valence-electron chi connectivity index (χ0n) is 9.37. The predicted molar refractivity (Wildman–Crippen MR) is 72.3 cm³/mol. The van der Waals surface area contributed by atoms with Crippen LogP contribution < -0.4 is 10.6 Å². The third-order valence-electron chi connectivity index (χ3n) is 2.48. The van der Waals surface area contributed by atoms with Crippen LogP contribution in [0.25, 0.3) is 0 Å². The Morgan fingerprint density at radius 3 is 3.00 bits per heavy atom. The van der Waals surface area contributed by atoms with Crippen LogP contribution in [-0.4, -0.2) is 24.8 Å². The van der Waals surface area contributed by atoms with E-state index in [1.165, 1.54) is 0 Å². The predicted octanol–water partition coefficient (Wildman–Crippen LogP) is 2.17. The maximum Gasteiger partial charge on any atom is 0.290 e. The zero-order valence-corrected chi connectivity index (χ0v) is 11.0. The van der Waals surface area contributed by atoms with Crippen molar-refractivity contribution < 1.29 is 4.79 Å². The fraction of sp³-hybridized carbons (Fsp3) is 0.333. The van der Waals surface area contributed by atoms with Gasteiger partial charge in [-0.15, -0.1) is 0 Å². The van der Waals surface area contributed by atoms with Gasteiger partial charge < -0.3 is 10.6 Å². The van der Waals surface area contributed by atoms with E-state index in [-0.39, 0.29) is 5.91 Å². The molecule has 1 heterocycles. The van der Waals surface area contributed by atoms with Gasteiger partial charge >= 0.3 is 0 Å². The molecule has 2 rings (SSSR count). The largest absolute Gasteiger partial charge is 0.366 e. The number of nitrogens with zero attached hydrogens (tertiary/aromatic N) is 1. The fourth-order valence-electron chi connectivity index (χ4n) is 1.59. The second-order valence-corrected chi connectivity index (χ2v) is 4.65. The lowest BCUT2D eigenvalue weighted by atomic mass is 10.3. The molecule has 0 saturated heterocycles. The van der Waals surface area contributed by atoms with E-state index in [1.807, 2.05) is 24.3 Å². The monoisotopic (exact) mass is 295 g/mol. The maximum absolute atomic E-state index is 11.9. The second-order valence-electron chi connectivity index (χ2n) is 3.80. The maximum atomic E-state index is 11.9. The molecule has 1 aromatic carbocycles. The second kappa shape index (κ2) is 5.82. The number of anilines is 1. The van der Waals surface area contributed by atoms with Crippen molar-refractivity contribution in [2.45, 2.75) is 12.8 Å². The van der Waals surface area contributed by atoms with Gasteiger partial charge in [0.25, 0.3) is 5.91 Å². The Kier molecular flexibility index (Phi) is 4.14. The number of nitrogens with one attached hydrogen (secondary N) is 2. The van der Waals surface area contributed by atoms with Gasteiger partial charge in [-0.1, -0.05) is 12.1 Å². The molecule has 0 radical (unpaired) electrons. The first kappa shape index (κ1) is 12.1. The minimum atomic E-state index is -0.182. The molecule has 17 heavy (non-hydrogen) atoms. The SMILES string of the molecule is O=C(Nc1ccccc1Br)C1=NCCCCN1. The lowest BCUT2D eigenvalue weighted by Gasteiger charge is -2.09. The number of hydrogen-bond acceptors (Lipinski definition) is 3. The van der Waals surface area contributed by atoms with E-state index < -0.39 is 0 Å². The molecule has 1 aliphatic heterocycles. The molecule has 1 aromatic rings. The van der Waals surface area contributed by atoms with E-state index in [2.05, 4.69) is 31.6 Å². The lowest BCUT2D eigenvalue weighted by molar-refractivity contribution is -0.110. The number of benzene rings is 1. The number of hydrogen-bond donors (Lipinski definition) is 2. The molecule has 0 bridgehead atoms. The lowest BCUT2D eigenvalue weighted by Crippen LogP contribution is -2.35. The number of rotatable bonds is 2. The summed E-state index contributed by atoms with van der Waals surface area (Å²) >= 11 is 3.39. The molecule has 2 N–H and O–H groups in total. The molecule has 0 saturated carbocycles. The van der Waals surface area contributed by atoms with Gasteiger partial charge in [-0.25, -0.2) is 0 Å². The van der Waals surface area contributed by atoms with Gasteiger partial charge in [0.05, 0.1) is 5.69 Å². The van der Waals surface area contributed by atoms with Gasteiger partial charge in [-0.05, 0) is 40.9 Å². The van der Waals surface area contributed by atoms with E-state index in [4.69, 9.17) is 0 Å². The molecule has 1 aliphatic rings. The van der Waals surface area contributed by atoms with Gasteiger partial charge in [-0.3, -0.25) is 9.79 Å². The molecule has 0 atom stereocenters. The summed E-state index contributed by atoms with van der Waals surface area (Å²) in [5.41, 5.74) is 0.756. The van der Waals surface area contributed by atoms with Crippen molar-refractivity contribution in [2.75, 3.05) is 18.4 Å². The zero-order chi connectivity index (χ0) is 12.1.